The molecule has 18 heavy (non-hydrogen) atoms. The number of hydrogen-bond donors (Lipinski definition) is 1. The summed E-state index contributed by atoms with van der Waals surface area (Å²) in [4.78, 5) is 8.30. The van der Waals surface area contributed by atoms with Gasteiger partial charge < -0.3 is 5.32 Å². The summed E-state index contributed by atoms with van der Waals surface area (Å²) in [6.45, 7) is 8.78. The second-order valence-electron chi connectivity index (χ2n) is 5.22. The molecule has 0 radical (unpaired) electrons. The standard InChI is InChI=1S/C14H24ClN3/c1-5-12-13(15)16-9-17-14(12)18-11(4)8-6-7-10(2)3/h9-11H,5-8H2,1-4H3,(H,16,17,18). The molecule has 3 nitrogen and oxygen atoms in total. The number of halogens is 1. The summed E-state index contributed by atoms with van der Waals surface area (Å²) in [6.07, 6.45) is 6.04. The first-order valence-corrected chi connectivity index (χ1v) is 7.18. The molecule has 1 aromatic rings. The summed E-state index contributed by atoms with van der Waals surface area (Å²) < 4.78 is 0. The summed E-state index contributed by atoms with van der Waals surface area (Å²) in [5.74, 6) is 1.66. The van der Waals surface area contributed by atoms with Crippen LogP contribution in [0.25, 0.3) is 0 Å². The number of rotatable bonds is 7. The fourth-order valence-corrected chi connectivity index (χ4v) is 2.23. The molecule has 0 aliphatic heterocycles. The van der Waals surface area contributed by atoms with Gasteiger partial charge in [-0.25, -0.2) is 9.97 Å². The number of nitrogens with zero attached hydrogens (tertiary/aromatic N) is 2. The third-order valence-electron chi connectivity index (χ3n) is 3.05. The fraction of sp³-hybridized carbons (Fsp3) is 0.714. The van der Waals surface area contributed by atoms with Gasteiger partial charge >= 0.3 is 0 Å². The smallest absolute Gasteiger partial charge is 0.137 e. The van der Waals surface area contributed by atoms with Crippen LogP contribution in [0.4, 0.5) is 5.82 Å². The molecule has 1 unspecified atom stereocenters. The average molecular weight is 270 g/mol. The number of nitrogens with one attached hydrogen (secondary N) is 1. The number of hydrogen-bond acceptors (Lipinski definition) is 3. The minimum absolute atomic E-state index is 0.417. The second kappa shape index (κ2) is 7.57. The second-order valence-corrected chi connectivity index (χ2v) is 5.57. The van der Waals surface area contributed by atoms with E-state index in [4.69, 9.17) is 11.6 Å². The van der Waals surface area contributed by atoms with Crippen molar-refractivity contribution < 1.29 is 0 Å². The van der Waals surface area contributed by atoms with Gasteiger partial charge in [-0.1, -0.05) is 45.2 Å². The lowest BCUT2D eigenvalue weighted by Gasteiger charge is -2.17. The van der Waals surface area contributed by atoms with Gasteiger partial charge in [-0.15, -0.1) is 0 Å². The maximum Gasteiger partial charge on any atom is 0.137 e. The first-order valence-electron chi connectivity index (χ1n) is 6.80. The predicted molar refractivity (Wildman–Crippen MR) is 78.2 cm³/mol. The Balaban J connectivity index is 2.53. The van der Waals surface area contributed by atoms with Gasteiger partial charge in [0, 0.05) is 11.6 Å². The van der Waals surface area contributed by atoms with E-state index in [1.165, 1.54) is 19.2 Å². The quantitative estimate of drug-likeness (QED) is 0.749. The van der Waals surface area contributed by atoms with E-state index in [-0.39, 0.29) is 0 Å². The molecule has 0 spiro atoms. The van der Waals surface area contributed by atoms with Crippen molar-refractivity contribution in [3.05, 3.63) is 17.0 Å². The molecule has 102 valence electrons. The van der Waals surface area contributed by atoms with Crippen molar-refractivity contribution in [1.29, 1.82) is 0 Å². The Hall–Kier alpha value is -0.830. The van der Waals surface area contributed by atoms with Crippen LogP contribution >= 0.6 is 11.6 Å². The normalized spacial score (nSPS) is 12.8. The van der Waals surface area contributed by atoms with Gasteiger partial charge in [0.2, 0.25) is 0 Å². The maximum atomic E-state index is 6.07. The summed E-state index contributed by atoms with van der Waals surface area (Å²) in [5.41, 5.74) is 1.01. The molecular weight excluding hydrogens is 246 g/mol. The third kappa shape index (κ3) is 4.81. The number of aromatic nitrogens is 2. The van der Waals surface area contributed by atoms with E-state index >= 15 is 0 Å². The largest absolute Gasteiger partial charge is 0.367 e. The van der Waals surface area contributed by atoms with Gasteiger partial charge in [0.05, 0.1) is 0 Å². The maximum absolute atomic E-state index is 6.07. The first kappa shape index (κ1) is 15.2. The molecule has 1 heterocycles. The highest BCUT2D eigenvalue weighted by atomic mass is 35.5. The Labute approximate surface area is 115 Å². The van der Waals surface area contributed by atoms with Crippen molar-refractivity contribution in [1.82, 2.24) is 9.97 Å². The Bertz CT molecular complexity index is 366. The zero-order valence-electron chi connectivity index (χ0n) is 11.8. The van der Waals surface area contributed by atoms with Crippen molar-refractivity contribution >= 4 is 17.4 Å². The molecule has 0 aliphatic rings. The Morgan fingerprint density at radius 3 is 2.56 bits per heavy atom. The van der Waals surface area contributed by atoms with E-state index in [2.05, 4.69) is 43.0 Å². The van der Waals surface area contributed by atoms with Crippen molar-refractivity contribution in [3.8, 4) is 0 Å². The summed E-state index contributed by atoms with van der Waals surface area (Å²) in [7, 11) is 0. The highest BCUT2D eigenvalue weighted by Crippen LogP contribution is 2.21. The monoisotopic (exact) mass is 269 g/mol. The molecule has 0 amide bonds. The van der Waals surface area contributed by atoms with Crippen LogP contribution in [0.15, 0.2) is 6.33 Å². The van der Waals surface area contributed by atoms with Crippen molar-refractivity contribution in [2.24, 2.45) is 5.92 Å². The first-order chi connectivity index (χ1) is 8.54. The lowest BCUT2D eigenvalue weighted by Crippen LogP contribution is -2.17. The molecule has 0 saturated heterocycles. The van der Waals surface area contributed by atoms with Gasteiger partial charge in [0.1, 0.15) is 17.3 Å². The minimum atomic E-state index is 0.417. The van der Waals surface area contributed by atoms with Gasteiger partial charge in [-0.05, 0) is 25.7 Å². The molecule has 1 aromatic heterocycles. The molecule has 1 N–H and O–H groups in total. The average Bonchev–Trinajstić information content (AvgIpc) is 2.28. The number of anilines is 1. The molecule has 1 rings (SSSR count). The van der Waals surface area contributed by atoms with Gasteiger partial charge in [-0.2, -0.15) is 0 Å². The molecule has 4 heteroatoms. The van der Waals surface area contributed by atoms with Crippen LogP contribution in [0.1, 0.15) is 52.5 Å². The van der Waals surface area contributed by atoms with E-state index in [1.807, 2.05) is 0 Å². The SMILES string of the molecule is CCc1c(Cl)ncnc1NC(C)CCCC(C)C. The minimum Gasteiger partial charge on any atom is -0.367 e. The van der Waals surface area contributed by atoms with Gasteiger partial charge in [-0.3, -0.25) is 0 Å². The Kier molecular flexibility index (Phi) is 6.41. The predicted octanol–water partition coefficient (Wildman–Crippen LogP) is 4.32. The molecule has 0 aromatic carbocycles. The molecule has 0 bridgehead atoms. The third-order valence-corrected chi connectivity index (χ3v) is 3.37. The van der Waals surface area contributed by atoms with Crippen LogP contribution in [-0.4, -0.2) is 16.0 Å². The fourth-order valence-electron chi connectivity index (χ4n) is 1.97. The van der Waals surface area contributed by atoms with Crippen LogP contribution in [-0.2, 0) is 6.42 Å². The molecular formula is C14H24ClN3. The molecule has 0 aliphatic carbocycles. The van der Waals surface area contributed by atoms with E-state index in [1.54, 1.807) is 0 Å². The lowest BCUT2D eigenvalue weighted by atomic mass is 10.0. The zero-order chi connectivity index (χ0) is 13.5. The van der Waals surface area contributed by atoms with E-state index < -0.39 is 0 Å². The molecule has 0 saturated carbocycles. The summed E-state index contributed by atoms with van der Waals surface area (Å²) >= 11 is 6.07. The van der Waals surface area contributed by atoms with Crippen LogP contribution < -0.4 is 5.32 Å². The summed E-state index contributed by atoms with van der Waals surface area (Å²) in [6, 6.07) is 0.417. The van der Waals surface area contributed by atoms with Crippen molar-refractivity contribution in [2.75, 3.05) is 5.32 Å². The van der Waals surface area contributed by atoms with Gasteiger partial charge in [0.25, 0.3) is 0 Å². The van der Waals surface area contributed by atoms with Crippen molar-refractivity contribution in [3.63, 3.8) is 0 Å². The summed E-state index contributed by atoms with van der Waals surface area (Å²) in [5, 5.41) is 4.00. The van der Waals surface area contributed by atoms with Crippen LogP contribution in [0, 0.1) is 5.92 Å². The van der Waals surface area contributed by atoms with Crippen molar-refractivity contribution in [2.45, 2.75) is 59.4 Å². The topological polar surface area (TPSA) is 37.8 Å². The van der Waals surface area contributed by atoms with E-state index in [9.17, 15) is 0 Å². The highest BCUT2D eigenvalue weighted by molar-refractivity contribution is 6.30. The lowest BCUT2D eigenvalue weighted by molar-refractivity contribution is 0.520. The van der Waals surface area contributed by atoms with Crippen LogP contribution in [0.5, 0.6) is 0 Å². The van der Waals surface area contributed by atoms with E-state index in [0.717, 1.165) is 30.1 Å². The van der Waals surface area contributed by atoms with E-state index in [0.29, 0.717) is 11.2 Å². The molecule has 0 fully saturated rings. The zero-order valence-corrected chi connectivity index (χ0v) is 12.6. The van der Waals surface area contributed by atoms with Crippen LogP contribution in [0.3, 0.4) is 0 Å². The highest BCUT2D eigenvalue weighted by Gasteiger charge is 2.10. The Morgan fingerprint density at radius 2 is 1.94 bits per heavy atom. The Morgan fingerprint density at radius 1 is 1.22 bits per heavy atom. The van der Waals surface area contributed by atoms with Gasteiger partial charge in [0.15, 0.2) is 0 Å². The van der Waals surface area contributed by atoms with Crippen LogP contribution in [0.2, 0.25) is 5.15 Å². The molecule has 1 atom stereocenters.